The van der Waals surface area contributed by atoms with E-state index in [4.69, 9.17) is 18.9 Å². The lowest BCUT2D eigenvalue weighted by molar-refractivity contribution is -0.140. The highest BCUT2D eigenvalue weighted by atomic mass is 16.7. The second-order valence-electron chi connectivity index (χ2n) is 9.05. The molecule has 3 aromatic carbocycles. The van der Waals surface area contributed by atoms with Crippen molar-refractivity contribution >= 4 is 22.6 Å². The van der Waals surface area contributed by atoms with E-state index in [0.29, 0.717) is 17.2 Å². The smallest absolute Gasteiger partial charge is 0.306 e. The van der Waals surface area contributed by atoms with Crippen molar-refractivity contribution < 1.29 is 28.5 Å². The minimum absolute atomic E-state index is 0.0342. The fourth-order valence-electron chi connectivity index (χ4n) is 4.70. The molecule has 0 aromatic heterocycles. The minimum Gasteiger partial charge on any atom is -0.484 e. The number of ether oxygens (including phenoxy) is 4. The van der Waals surface area contributed by atoms with Crippen molar-refractivity contribution in [3.05, 3.63) is 77.9 Å². The molecule has 1 N–H and O–H groups in total. The van der Waals surface area contributed by atoms with Crippen LogP contribution in [0.4, 0.5) is 0 Å². The van der Waals surface area contributed by atoms with Gasteiger partial charge in [-0.2, -0.15) is 0 Å². The maximum Gasteiger partial charge on any atom is 0.306 e. The number of fused-ring (bicyclic) bond motifs is 2. The first-order valence-corrected chi connectivity index (χ1v) is 12.2. The van der Waals surface area contributed by atoms with Gasteiger partial charge in [-0.05, 0) is 65.4 Å². The van der Waals surface area contributed by atoms with Crippen LogP contribution in [0.15, 0.2) is 66.7 Å². The standard InChI is InChI=1S/C29H29NO6/c1-33-29(32)16-25(21-10-12-26-27(15-21)36-18-35-26)20-8-7-19-9-11-24(14-22(19)13-20)34-17-28(31)30-23-5-3-2-4-6-23/h2-3,7-15,23,25H,4-6,16-18H2,1H3,(H,30,31). The van der Waals surface area contributed by atoms with Crippen LogP contribution in [0.3, 0.4) is 0 Å². The van der Waals surface area contributed by atoms with Gasteiger partial charge in [-0.1, -0.05) is 42.5 Å². The van der Waals surface area contributed by atoms with Crippen molar-refractivity contribution in [1.82, 2.24) is 5.32 Å². The van der Waals surface area contributed by atoms with Crippen molar-refractivity contribution in [3.63, 3.8) is 0 Å². The summed E-state index contributed by atoms with van der Waals surface area (Å²) in [6.07, 6.45) is 7.24. The molecule has 0 saturated heterocycles. The van der Waals surface area contributed by atoms with E-state index in [1.165, 1.54) is 7.11 Å². The lowest BCUT2D eigenvalue weighted by Gasteiger charge is -2.19. The predicted octanol–water partition coefficient (Wildman–Crippen LogP) is 4.87. The Hall–Kier alpha value is -4.00. The van der Waals surface area contributed by atoms with E-state index in [1.807, 2.05) is 48.5 Å². The zero-order chi connectivity index (χ0) is 24.9. The zero-order valence-electron chi connectivity index (χ0n) is 20.2. The van der Waals surface area contributed by atoms with Crippen LogP contribution in [0, 0.1) is 0 Å². The van der Waals surface area contributed by atoms with E-state index < -0.39 is 0 Å². The van der Waals surface area contributed by atoms with Crippen LogP contribution in [0.2, 0.25) is 0 Å². The van der Waals surface area contributed by atoms with Gasteiger partial charge < -0.3 is 24.3 Å². The molecule has 1 aliphatic heterocycles. The molecule has 0 radical (unpaired) electrons. The zero-order valence-corrected chi connectivity index (χ0v) is 20.2. The molecule has 2 unspecified atom stereocenters. The van der Waals surface area contributed by atoms with Gasteiger partial charge in [0.05, 0.1) is 13.5 Å². The second-order valence-corrected chi connectivity index (χ2v) is 9.05. The third-order valence-electron chi connectivity index (χ3n) is 6.64. The quantitative estimate of drug-likeness (QED) is 0.361. The number of carbonyl (C=O) groups is 2. The summed E-state index contributed by atoms with van der Waals surface area (Å²) in [5, 5.41) is 5.02. The molecule has 0 fully saturated rings. The Bertz CT molecular complexity index is 1300. The van der Waals surface area contributed by atoms with Crippen molar-refractivity contribution in [3.8, 4) is 17.2 Å². The second kappa shape index (κ2) is 10.7. The number of carbonyl (C=O) groups excluding carboxylic acids is 2. The Morgan fingerprint density at radius 2 is 1.78 bits per heavy atom. The van der Waals surface area contributed by atoms with Crippen LogP contribution in [-0.4, -0.2) is 38.4 Å². The van der Waals surface area contributed by atoms with Crippen LogP contribution in [0.1, 0.15) is 42.7 Å². The molecule has 7 nitrogen and oxygen atoms in total. The van der Waals surface area contributed by atoms with Crippen LogP contribution < -0.4 is 19.5 Å². The Kier molecular flexibility index (Phi) is 7.07. The highest BCUT2D eigenvalue weighted by molar-refractivity contribution is 5.85. The molecule has 186 valence electrons. The van der Waals surface area contributed by atoms with Gasteiger partial charge in [0.25, 0.3) is 5.91 Å². The number of nitrogens with one attached hydrogen (secondary N) is 1. The predicted molar refractivity (Wildman–Crippen MR) is 135 cm³/mol. The van der Waals surface area contributed by atoms with Crippen LogP contribution in [0.25, 0.3) is 10.8 Å². The Labute approximate surface area is 210 Å². The molecule has 7 heteroatoms. The first-order valence-electron chi connectivity index (χ1n) is 12.2. The summed E-state index contributed by atoms with van der Waals surface area (Å²) in [6.45, 7) is 0.155. The van der Waals surface area contributed by atoms with Gasteiger partial charge in [-0.3, -0.25) is 9.59 Å². The fraction of sp³-hybridized carbons (Fsp3) is 0.310. The maximum atomic E-state index is 12.3. The molecule has 2 atom stereocenters. The maximum absolute atomic E-state index is 12.3. The summed E-state index contributed by atoms with van der Waals surface area (Å²) in [5.41, 5.74) is 1.90. The van der Waals surface area contributed by atoms with Gasteiger partial charge in [0.1, 0.15) is 5.75 Å². The van der Waals surface area contributed by atoms with Crippen molar-refractivity contribution in [1.29, 1.82) is 0 Å². The van der Waals surface area contributed by atoms with Gasteiger partial charge in [-0.25, -0.2) is 0 Å². The van der Waals surface area contributed by atoms with Gasteiger partial charge in [0, 0.05) is 12.0 Å². The highest BCUT2D eigenvalue weighted by Gasteiger charge is 2.23. The Balaban J connectivity index is 1.35. The molecule has 36 heavy (non-hydrogen) atoms. The molecule has 0 spiro atoms. The number of allylic oxidation sites excluding steroid dienone is 1. The first kappa shape index (κ1) is 23.7. The normalized spacial score (nSPS) is 17.0. The molecule has 1 heterocycles. The molecule has 1 aliphatic carbocycles. The van der Waals surface area contributed by atoms with Gasteiger partial charge in [-0.15, -0.1) is 0 Å². The number of benzene rings is 3. The van der Waals surface area contributed by atoms with Crippen LogP contribution >= 0.6 is 0 Å². The van der Waals surface area contributed by atoms with E-state index in [0.717, 1.165) is 41.2 Å². The van der Waals surface area contributed by atoms with Gasteiger partial charge in [0.15, 0.2) is 18.1 Å². The van der Waals surface area contributed by atoms with E-state index in [9.17, 15) is 9.59 Å². The number of hydrogen-bond donors (Lipinski definition) is 1. The third-order valence-corrected chi connectivity index (χ3v) is 6.64. The molecular formula is C29H29NO6. The minimum atomic E-state index is -0.297. The molecule has 0 saturated carbocycles. The number of hydrogen-bond acceptors (Lipinski definition) is 6. The summed E-state index contributed by atoms with van der Waals surface area (Å²) < 4.78 is 21.8. The molecule has 1 amide bonds. The van der Waals surface area contributed by atoms with Gasteiger partial charge in [0.2, 0.25) is 6.79 Å². The fourth-order valence-corrected chi connectivity index (χ4v) is 4.70. The van der Waals surface area contributed by atoms with Crippen LogP contribution in [0.5, 0.6) is 17.2 Å². The average molecular weight is 488 g/mol. The molecule has 5 rings (SSSR count). The van der Waals surface area contributed by atoms with Crippen molar-refractivity contribution in [2.75, 3.05) is 20.5 Å². The van der Waals surface area contributed by atoms with Crippen LogP contribution in [-0.2, 0) is 14.3 Å². The Morgan fingerprint density at radius 1 is 0.972 bits per heavy atom. The summed E-state index contributed by atoms with van der Waals surface area (Å²) in [7, 11) is 1.39. The summed E-state index contributed by atoms with van der Waals surface area (Å²) >= 11 is 0. The monoisotopic (exact) mass is 487 g/mol. The van der Waals surface area contributed by atoms with E-state index in [-0.39, 0.29) is 43.7 Å². The SMILES string of the molecule is COC(=O)CC(c1ccc2c(c1)OCO2)c1ccc2ccc(OCC(=O)NC3CC=CCC3)cc2c1. The molecule has 2 aliphatic rings. The van der Waals surface area contributed by atoms with Crippen molar-refractivity contribution in [2.24, 2.45) is 0 Å². The average Bonchev–Trinajstić information content (AvgIpc) is 3.38. The number of rotatable bonds is 8. The first-order chi connectivity index (χ1) is 17.6. The number of methoxy groups -OCH3 is 1. The third kappa shape index (κ3) is 5.46. The number of amides is 1. The van der Waals surface area contributed by atoms with E-state index in [2.05, 4.69) is 23.5 Å². The molecule has 0 bridgehead atoms. The van der Waals surface area contributed by atoms with E-state index >= 15 is 0 Å². The number of esters is 1. The summed E-state index contributed by atoms with van der Waals surface area (Å²) in [4.78, 5) is 24.6. The topological polar surface area (TPSA) is 83.1 Å². The summed E-state index contributed by atoms with van der Waals surface area (Å²) in [5.74, 6) is 1.34. The largest absolute Gasteiger partial charge is 0.484 e. The lowest BCUT2D eigenvalue weighted by atomic mass is 9.87. The van der Waals surface area contributed by atoms with E-state index in [1.54, 1.807) is 0 Å². The Morgan fingerprint density at radius 3 is 2.61 bits per heavy atom. The molecule has 3 aromatic rings. The molecular weight excluding hydrogens is 458 g/mol. The summed E-state index contributed by atoms with van der Waals surface area (Å²) in [6, 6.07) is 17.8. The highest BCUT2D eigenvalue weighted by Crippen LogP contribution is 2.38. The van der Waals surface area contributed by atoms with Crippen molar-refractivity contribution in [2.45, 2.75) is 37.6 Å². The van der Waals surface area contributed by atoms with Gasteiger partial charge >= 0.3 is 5.97 Å². The lowest BCUT2D eigenvalue weighted by Crippen LogP contribution is -2.38.